The fraction of sp³-hybridized carbons (Fsp3) is 0.429. The summed E-state index contributed by atoms with van der Waals surface area (Å²) >= 11 is 0. The molecule has 2 heterocycles. The Balaban J connectivity index is 1.79. The van der Waals surface area contributed by atoms with Crippen LogP contribution in [0.5, 0.6) is 0 Å². The number of ether oxygens (including phenoxy) is 1. The minimum atomic E-state index is -0.599. The maximum atomic E-state index is 10.4. The number of fused-ring (bicyclic) bond motifs is 1. The molecule has 0 aliphatic carbocycles. The average molecular weight is 259 g/mol. The van der Waals surface area contributed by atoms with Crippen molar-refractivity contribution < 1.29 is 9.84 Å². The zero-order valence-corrected chi connectivity index (χ0v) is 10.9. The van der Waals surface area contributed by atoms with Crippen LogP contribution in [0.15, 0.2) is 30.5 Å². The molecule has 0 bridgehead atoms. The highest BCUT2D eigenvalue weighted by Crippen LogP contribution is 2.30. The van der Waals surface area contributed by atoms with Crippen LogP contribution in [0.1, 0.15) is 22.9 Å². The van der Waals surface area contributed by atoms with Crippen molar-refractivity contribution in [1.29, 1.82) is 0 Å². The molecule has 100 valence electrons. The lowest BCUT2D eigenvalue weighted by atomic mass is 9.93. The van der Waals surface area contributed by atoms with Crippen molar-refractivity contribution in [2.24, 2.45) is 7.05 Å². The van der Waals surface area contributed by atoms with Gasteiger partial charge in [-0.05, 0) is 17.5 Å². The number of hydrogen-bond acceptors (Lipinski definition) is 4. The van der Waals surface area contributed by atoms with E-state index < -0.39 is 6.10 Å². The van der Waals surface area contributed by atoms with Crippen LogP contribution in [-0.4, -0.2) is 32.8 Å². The third kappa shape index (κ3) is 2.52. The summed E-state index contributed by atoms with van der Waals surface area (Å²) in [5.74, 6) is 0. The molecular formula is C14H17N3O2. The highest BCUT2D eigenvalue weighted by Gasteiger charge is 2.28. The first kappa shape index (κ1) is 12.3. The van der Waals surface area contributed by atoms with Crippen LogP contribution in [0.4, 0.5) is 0 Å². The topological polar surface area (TPSA) is 60.2 Å². The van der Waals surface area contributed by atoms with E-state index in [1.807, 2.05) is 31.4 Å². The third-order valence-electron chi connectivity index (χ3n) is 3.45. The summed E-state index contributed by atoms with van der Waals surface area (Å²) in [5, 5.41) is 18.3. The van der Waals surface area contributed by atoms with Gasteiger partial charge in [0.1, 0.15) is 6.10 Å². The Bertz CT molecular complexity index is 567. The SMILES string of the molecule is Cn1cc(CC(O)C2OCCc3ccccc32)nn1. The fourth-order valence-corrected chi connectivity index (χ4v) is 2.55. The van der Waals surface area contributed by atoms with E-state index in [0.717, 1.165) is 17.7 Å². The molecule has 0 saturated carbocycles. The smallest absolute Gasteiger partial charge is 0.109 e. The van der Waals surface area contributed by atoms with E-state index in [1.54, 1.807) is 4.68 Å². The zero-order valence-electron chi connectivity index (χ0n) is 10.9. The molecule has 1 aromatic carbocycles. The van der Waals surface area contributed by atoms with Gasteiger partial charge in [-0.3, -0.25) is 4.68 Å². The van der Waals surface area contributed by atoms with Crippen LogP contribution in [0, 0.1) is 0 Å². The quantitative estimate of drug-likeness (QED) is 0.894. The molecule has 2 atom stereocenters. The fourth-order valence-electron chi connectivity index (χ4n) is 2.55. The maximum Gasteiger partial charge on any atom is 0.109 e. The summed E-state index contributed by atoms with van der Waals surface area (Å²) in [4.78, 5) is 0. The molecule has 19 heavy (non-hydrogen) atoms. The lowest BCUT2D eigenvalue weighted by Crippen LogP contribution is -2.28. The first-order chi connectivity index (χ1) is 9.24. The van der Waals surface area contributed by atoms with E-state index in [9.17, 15) is 5.11 Å². The van der Waals surface area contributed by atoms with Gasteiger partial charge in [-0.2, -0.15) is 0 Å². The van der Waals surface area contributed by atoms with Crippen molar-refractivity contribution in [1.82, 2.24) is 15.0 Å². The molecule has 1 aliphatic heterocycles. The number of aliphatic hydroxyl groups excluding tert-OH is 1. The van der Waals surface area contributed by atoms with Crippen molar-refractivity contribution in [3.05, 3.63) is 47.3 Å². The van der Waals surface area contributed by atoms with Gasteiger partial charge in [-0.1, -0.05) is 29.5 Å². The van der Waals surface area contributed by atoms with Crippen LogP contribution in [0.3, 0.4) is 0 Å². The van der Waals surface area contributed by atoms with Gasteiger partial charge in [0.25, 0.3) is 0 Å². The normalized spacial score (nSPS) is 20.0. The number of benzene rings is 1. The largest absolute Gasteiger partial charge is 0.390 e. The monoisotopic (exact) mass is 259 g/mol. The lowest BCUT2D eigenvalue weighted by molar-refractivity contribution is -0.0464. The summed E-state index contributed by atoms with van der Waals surface area (Å²) in [6, 6.07) is 8.13. The van der Waals surface area contributed by atoms with Gasteiger partial charge in [0, 0.05) is 19.7 Å². The van der Waals surface area contributed by atoms with E-state index in [0.29, 0.717) is 13.0 Å². The minimum Gasteiger partial charge on any atom is -0.390 e. The number of aryl methyl sites for hydroxylation is 1. The number of aliphatic hydroxyl groups is 1. The highest BCUT2D eigenvalue weighted by atomic mass is 16.5. The Labute approximate surface area is 111 Å². The molecule has 1 N–H and O–H groups in total. The molecule has 0 saturated heterocycles. The van der Waals surface area contributed by atoms with Crippen LogP contribution in [-0.2, 0) is 24.6 Å². The summed E-state index contributed by atoms with van der Waals surface area (Å²) < 4.78 is 7.38. The lowest BCUT2D eigenvalue weighted by Gasteiger charge is -2.29. The average Bonchev–Trinajstić information content (AvgIpc) is 2.83. The van der Waals surface area contributed by atoms with Gasteiger partial charge in [-0.15, -0.1) is 5.10 Å². The Morgan fingerprint density at radius 2 is 2.32 bits per heavy atom. The van der Waals surface area contributed by atoms with Crippen molar-refractivity contribution in [2.45, 2.75) is 25.0 Å². The number of aromatic nitrogens is 3. The molecule has 1 aliphatic rings. The Morgan fingerprint density at radius 1 is 1.47 bits per heavy atom. The Kier molecular flexibility index (Phi) is 3.31. The summed E-state index contributed by atoms with van der Waals surface area (Å²) in [6.45, 7) is 0.652. The first-order valence-electron chi connectivity index (χ1n) is 6.46. The first-order valence-corrected chi connectivity index (χ1v) is 6.46. The molecule has 0 radical (unpaired) electrons. The summed E-state index contributed by atoms with van der Waals surface area (Å²) in [6.07, 6.45) is 2.31. The predicted molar refractivity (Wildman–Crippen MR) is 69.6 cm³/mol. The number of rotatable bonds is 3. The van der Waals surface area contributed by atoms with Crippen molar-refractivity contribution in [3.8, 4) is 0 Å². The van der Waals surface area contributed by atoms with Crippen LogP contribution in [0.2, 0.25) is 0 Å². The van der Waals surface area contributed by atoms with Gasteiger partial charge < -0.3 is 9.84 Å². The molecule has 2 aromatic rings. The maximum absolute atomic E-state index is 10.4. The molecule has 0 amide bonds. The van der Waals surface area contributed by atoms with E-state index >= 15 is 0 Å². The Morgan fingerprint density at radius 3 is 3.11 bits per heavy atom. The second-order valence-corrected chi connectivity index (χ2v) is 4.90. The third-order valence-corrected chi connectivity index (χ3v) is 3.45. The van der Waals surface area contributed by atoms with Crippen LogP contribution in [0.25, 0.3) is 0 Å². The zero-order chi connectivity index (χ0) is 13.2. The van der Waals surface area contributed by atoms with E-state index in [4.69, 9.17) is 4.74 Å². The minimum absolute atomic E-state index is 0.271. The van der Waals surface area contributed by atoms with Crippen LogP contribution < -0.4 is 0 Å². The van der Waals surface area contributed by atoms with Gasteiger partial charge in [0.15, 0.2) is 0 Å². The second-order valence-electron chi connectivity index (χ2n) is 4.90. The molecule has 5 nitrogen and oxygen atoms in total. The summed E-state index contributed by atoms with van der Waals surface area (Å²) in [7, 11) is 1.81. The summed E-state index contributed by atoms with van der Waals surface area (Å²) in [5.41, 5.74) is 3.13. The Hall–Kier alpha value is -1.72. The highest BCUT2D eigenvalue weighted by molar-refractivity contribution is 5.31. The standard InChI is InChI=1S/C14H17N3O2/c1-17-9-11(15-16-17)8-13(18)14-12-5-3-2-4-10(12)6-7-19-14/h2-5,9,13-14,18H,6-8H2,1H3. The number of hydrogen-bond donors (Lipinski definition) is 1. The molecule has 0 fully saturated rings. The molecule has 2 unspecified atom stereocenters. The van der Waals surface area contributed by atoms with E-state index in [2.05, 4.69) is 16.4 Å². The molecule has 5 heteroatoms. The predicted octanol–water partition coefficient (Wildman–Crippen LogP) is 1.03. The second kappa shape index (κ2) is 5.11. The molecule has 3 rings (SSSR count). The van der Waals surface area contributed by atoms with Gasteiger partial charge >= 0.3 is 0 Å². The van der Waals surface area contributed by atoms with E-state index in [-0.39, 0.29) is 6.10 Å². The van der Waals surface area contributed by atoms with E-state index in [1.165, 1.54) is 5.56 Å². The molecular weight excluding hydrogens is 242 g/mol. The molecule has 1 aromatic heterocycles. The van der Waals surface area contributed by atoms with Crippen molar-refractivity contribution in [3.63, 3.8) is 0 Å². The molecule has 0 spiro atoms. The van der Waals surface area contributed by atoms with Gasteiger partial charge in [0.05, 0.1) is 18.4 Å². The van der Waals surface area contributed by atoms with Gasteiger partial charge in [-0.25, -0.2) is 0 Å². The van der Waals surface area contributed by atoms with Gasteiger partial charge in [0.2, 0.25) is 0 Å². The van der Waals surface area contributed by atoms with Crippen molar-refractivity contribution in [2.75, 3.05) is 6.61 Å². The van der Waals surface area contributed by atoms with Crippen LogP contribution >= 0.6 is 0 Å². The number of nitrogens with zero attached hydrogens (tertiary/aromatic N) is 3. The van der Waals surface area contributed by atoms with Crippen molar-refractivity contribution >= 4 is 0 Å².